The molecule has 3 aliphatic rings. The zero-order valence-electron chi connectivity index (χ0n) is 21.1. The van der Waals surface area contributed by atoms with Gasteiger partial charge >= 0.3 is 0 Å². The minimum atomic E-state index is -3.67. The molecule has 6 rings (SSSR count). The van der Waals surface area contributed by atoms with E-state index in [-0.39, 0.29) is 30.1 Å². The summed E-state index contributed by atoms with van der Waals surface area (Å²) in [7, 11) is -3.67. The fourth-order valence-electron chi connectivity index (χ4n) is 5.69. The van der Waals surface area contributed by atoms with E-state index >= 15 is 0 Å². The number of piperidine rings is 1. The summed E-state index contributed by atoms with van der Waals surface area (Å²) in [6.07, 6.45) is 4.38. The van der Waals surface area contributed by atoms with E-state index in [0.29, 0.717) is 30.9 Å². The molecule has 0 spiro atoms. The van der Waals surface area contributed by atoms with Gasteiger partial charge in [-0.3, -0.25) is 4.79 Å². The number of carbonyl (C=O) groups excluding carboxylic acids is 1. The second-order valence-corrected chi connectivity index (χ2v) is 12.3. The lowest BCUT2D eigenvalue weighted by Gasteiger charge is -2.33. The maximum absolute atomic E-state index is 13.4. The van der Waals surface area contributed by atoms with Crippen LogP contribution in [0.3, 0.4) is 0 Å². The number of ketones is 1. The number of sulfonamides is 1. The molecular formula is C30H31NO6S. The van der Waals surface area contributed by atoms with E-state index in [2.05, 4.69) is 0 Å². The highest BCUT2D eigenvalue weighted by Gasteiger charge is 2.50. The average Bonchev–Trinajstić information content (AvgIpc) is 3.64. The first-order valence-electron chi connectivity index (χ1n) is 13.2. The highest BCUT2D eigenvalue weighted by molar-refractivity contribution is 7.89. The summed E-state index contributed by atoms with van der Waals surface area (Å²) < 4.78 is 38.8. The van der Waals surface area contributed by atoms with Crippen molar-refractivity contribution in [1.82, 2.24) is 4.31 Å². The van der Waals surface area contributed by atoms with Gasteiger partial charge in [0.15, 0.2) is 11.5 Å². The Hall–Kier alpha value is -3.20. The topological polar surface area (TPSA) is 93.1 Å². The molecule has 1 N–H and O–H groups in total. The Morgan fingerprint density at radius 3 is 2.50 bits per heavy atom. The van der Waals surface area contributed by atoms with Crippen molar-refractivity contribution in [2.75, 3.05) is 19.9 Å². The Labute approximate surface area is 223 Å². The van der Waals surface area contributed by atoms with Crippen LogP contribution in [0, 0.1) is 0 Å². The number of hydrogen-bond donors (Lipinski definition) is 1. The standard InChI is InChI=1S/C30H31NO6S/c32-19-25-6-1-2-15-31(25)38(34,35)26-10-7-22(8-11-26)23-5-3-4-21(16-23)17-29(33)30(13-14-30)24-9-12-27-28(18-24)37-20-36-27/h3-5,7-12,16,18,25,32H,1-2,6,13-15,17,19-20H2. The minimum Gasteiger partial charge on any atom is -0.454 e. The van der Waals surface area contributed by atoms with E-state index < -0.39 is 15.4 Å². The summed E-state index contributed by atoms with van der Waals surface area (Å²) in [4.78, 5) is 13.7. The second kappa shape index (κ2) is 9.84. The SMILES string of the molecule is O=C(Cc1cccc(-c2ccc(S(=O)(=O)N3CCCCC3CO)cc2)c1)C1(c2ccc3c(c2)OCO3)CC1. The lowest BCUT2D eigenvalue weighted by atomic mass is 9.87. The molecule has 198 valence electrons. The van der Waals surface area contributed by atoms with Gasteiger partial charge in [-0.2, -0.15) is 4.31 Å². The molecule has 2 aliphatic heterocycles. The second-order valence-electron chi connectivity index (χ2n) is 10.4. The summed E-state index contributed by atoms with van der Waals surface area (Å²) in [5.74, 6) is 1.60. The molecule has 1 unspecified atom stereocenters. The van der Waals surface area contributed by atoms with Crippen molar-refractivity contribution < 1.29 is 27.8 Å². The zero-order valence-corrected chi connectivity index (χ0v) is 22.0. The fraction of sp³-hybridized carbons (Fsp3) is 0.367. The molecule has 8 heteroatoms. The number of carbonyl (C=O) groups is 1. The summed E-state index contributed by atoms with van der Waals surface area (Å²) in [5.41, 5.74) is 3.26. The molecule has 0 bridgehead atoms. The van der Waals surface area contributed by atoms with E-state index in [4.69, 9.17) is 9.47 Å². The summed E-state index contributed by atoms with van der Waals surface area (Å²) >= 11 is 0. The van der Waals surface area contributed by atoms with Crippen molar-refractivity contribution in [3.8, 4) is 22.6 Å². The van der Waals surface area contributed by atoms with Gasteiger partial charge in [0.25, 0.3) is 0 Å². The van der Waals surface area contributed by atoms with Gasteiger partial charge in [-0.1, -0.05) is 48.9 Å². The quantitative estimate of drug-likeness (QED) is 0.460. The lowest BCUT2D eigenvalue weighted by molar-refractivity contribution is -0.120. The smallest absolute Gasteiger partial charge is 0.243 e. The number of fused-ring (bicyclic) bond motifs is 1. The number of rotatable bonds is 8. The van der Waals surface area contributed by atoms with E-state index in [0.717, 1.165) is 47.9 Å². The van der Waals surface area contributed by atoms with Crippen LogP contribution in [0.4, 0.5) is 0 Å². The largest absolute Gasteiger partial charge is 0.454 e. The van der Waals surface area contributed by atoms with Crippen LogP contribution in [0.2, 0.25) is 0 Å². The van der Waals surface area contributed by atoms with Crippen molar-refractivity contribution in [3.63, 3.8) is 0 Å². The monoisotopic (exact) mass is 533 g/mol. The predicted octanol–water partition coefficient (Wildman–Crippen LogP) is 4.46. The molecule has 1 saturated carbocycles. The van der Waals surface area contributed by atoms with Gasteiger partial charge in [-0.25, -0.2) is 8.42 Å². The zero-order chi connectivity index (χ0) is 26.3. The Bertz CT molecular complexity index is 1460. The van der Waals surface area contributed by atoms with Crippen LogP contribution < -0.4 is 9.47 Å². The number of benzene rings is 3. The molecule has 38 heavy (non-hydrogen) atoms. The molecule has 2 fully saturated rings. The normalized spacial score (nSPS) is 20.3. The molecule has 0 radical (unpaired) electrons. The molecule has 0 amide bonds. The number of nitrogens with zero attached hydrogens (tertiary/aromatic N) is 1. The third kappa shape index (κ3) is 4.51. The fourth-order valence-corrected chi connectivity index (χ4v) is 7.38. The first-order valence-corrected chi connectivity index (χ1v) is 14.6. The average molecular weight is 534 g/mol. The van der Waals surface area contributed by atoms with E-state index in [9.17, 15) is 18.3 Å². The van der Waals surface area contributed by atoms with Crippen LogP contribution >= 0.6 is 0 Å². The van der Waals surface area contributed by atoms with Gasteiger partial charge in [-0.15, -0.1) is 0 Å². The minimum absolute atomic E-state index is 0.168. The van der Waals surface area contributed by atoms with Crippen molar-refractivity contribution in [3.05, 3.63) is 77.9 Å². The van der Waals surface area contributed by atoms with Gasteiger partial charge in [0.1, 0.15) is 5.78 Å². The molecule has 3 aromatic carbocycles. The van der Waals surface area contributed by atoms with Crippen molar-refractivity contribution in [2.45, 2.75) is 54.9 Å². The van der Waals surface area contributed by atoms with Gasteiger partial charge < -0.3 is 14.6 Å². The van der Waals surface area contributed by atoms with Crippen molar-refractivity contribution in [1.29, 1.82) is 0 Å². The van der Waals surface area contributed by atoms with Crippen LogP contribution in [0.15, 0.2) is 71.6 Å². The predicted molar refractivity (Wildman–Crippen MR) is 143 cm³/mol. The van der Waals surface area contributed by atoms with Crippen molar-refractivity contribution >= 4 is 15.8 Å². The van der Waals surface area contributed by atoms with Gasteiger partial charge in [0, 0.05) is 19.0 Å². The summed E-state index contributed by atoms with van der Waals surface area (Å²) in [6, 6.07) is 20.2. The summed E-state index contributed by atoms with van der Waals surface area (Å²) in [6.45, 7) is 0.471. The van der Waals surface area contributed by atoms with Crippen LogP contribution in [0.5, 0.6) is 11.5 Å². The molecule has 1 saturated heterocycles. The first kappa shape index (κ1) is 25.1. The number of aliphatic hydroxyl groups excluding tert-OH is 1. The number of aliphatic hydroxyl groups is 1. The third-order valence-corrected chi connectivity index (χ3v) is 10.0. The number of hydrogen-bond acceptors (Lipinski definition) is 6. The van der Waals surface area contributed by atoms with Crippen molar-refractivity contribution in [2.24, 2.45) is 0 Å². The van der Waals surface area contributed by atoms with Crippen LogP contribution in [0.25, 0.3) is 11.1 Å². The Kier molecular flexibility index (Phi) is 6.50. The highest BCUT2D eigenvalue weighted by Crippen LogP contribution is 2.51. The molecule has 7 nitrogen and oxygen atoms in total. The first-order chi connectivity index (χ1) is 18.4. The van der Waals surface area contributed by atoms with Crippen LogP contribution in [0.1, 0.15) is 43.2 Å². The van der Waals surface area contributed by atoms with E-state index in [1.165, 1.54) is 4.31 Å². The number of ether oxygens (including phenoxy) is 2. The summed E-state index contributed by atoms with van der Waals surface area (Å²) in [5, 5.41) is 9.67. The third-order valence-electron chi connectivity index (χ3n) is 8.08. The Balaban J connectivity index is 1.19. The van der Waals surface area contributed by atoms with Gasteiger partial charge in [0.2, 0.25) is 16.8 Å². The highest BCUT2D eigenvalue weighted by atomic mass is 32.2. The van der Waals surface area contributed by atoms with E-state index in [1.54, 1.807) is 24.3 Å². The molecule has 1 atom stereocenters. The van der Waals surface area contributed by atoms with Crippen LogP contribution in [-0.4, -0.2) is 49.6 Å². The van der Waals surface area contributed by atoms with Gasteiger partial charge in [0.05, 0.1) is 16.9 Å². The molecule has 1 aliphatic carbocycles. The van der Waals surface area contributed by atoms with E-state index in [1.807, 2.05) is 42.5 Å². The molecule has 0 aromatic heterocycles. The Morgan fingerprint density at radius 2 is 1.74 bits per heavy atom. The maximum Gasteiger partial charge on any atom is 0.243 e. The molecular weight excluding hydrogens is 502 g/mol. The molecule has 3 aromatic rings. The van der Waals surface area contributed by atoms with Crippen LogP contribution in [-0.2, 0) is 26.7 Å². The molecule has 2 heterocycles. The van der Waals surface area contributed by atoms with Gasteiger partial charge in [-0.05, 0) is 72.2 Å². The lowest BCUT2D eigenvalue weighted by Crippen LogP contribution is -2.45. The number of Topliss-reactive ketones (excluding diaryl/α,β-unsaturated/α-hetero) is 1. The Morgan fingerprint density at radius 1 is 0.947 bits per heavy atom. The maximum atomic E-state index is 13.4.